The Morgan fingerprint density at radius 2 is 2.26 bits per heavy atom. The molecule has 2 bridgehead atoms. The summed E-state index contributed by atoms with van der Waals surface area (Å²) >= 11 is 0. The van der Waals surface area contributed by atoms with Crippen LogP contribution < -0.4 is 11.5 Å². The Morgan fingerprint density at radius 1 is 1.43 bits per heavy atom. The predicted molar refractivity (Wildman–Crippen MR) is 82.9 cm³/mol. The van der Waals surface area contributed by atoms with E-state index >= 15 is 0 Å². The number of aromatic nitrogens is 2. The summed E-state index contributed by atoms with van der Waals surface area (Å²) in [4.78, 5) is 25.3. The number of carbonyl (C=O) groups excluding carboxylic acids is 1. The lowest BCUT2D eigenvalue weighted by molar-refractivity contribution is -0.150. The topological polar surface area (TPSA) is 126 Å². The number of anilines is 1. The monoisotopic (exact) mass is 319 g/mol. The fourth-order valence-electron chi connectivity index (χ4n) is 3.57. The van der Waals surface area contributed by atoms with E-state index in [9.17, 15) is 4.79 Å². The number of nitrogens with zero attached hydrogens (tertiary/aromatic N) is 3. The van der Waals surface area contributed by atoms with Gasteiger partial charge in [-0.1, -0.05) is 11.6 Å². The van der Waals surface area contributed by atoms with Crippen LogP contribution in [0.5, 0.6) is 0 Å². The quantitative estimate of drug-likeness (QED) is 0.356. The van der Waals surface area contributed by atoms with Crippen molar-refractivity contribution in [3.05, 3.63) is 17.6 Å². The molecule has 4 N–H and O–H groups in total. The Hall–Kier alpha value is -2.22. The van der Waals surface area contributed by atoms with Crippen LogP contribution in [0.15, 0.2) is 11.4 Å². The molecule has 0 aromatic carbocycles. The SMILES string of the molecule is COCc1ncc(C(N)=NOC(=O)[C@H]2C[C@H]3CC[C@H]2C3)c(N)n1. The largest absolute Gasteiger partial charge is 0.383 e. The molecule has 0 spiro atoms. The molecule has 1 aromatic rings. The molecule has 3 atom stereocenters. The number of nitrogens with two attached hydrogens (primary N) is 2. The lowest BCUT2D eigenvalue weighted by Gasteiger charge is -2.18. The van der Waals surface area contributed by atoms with Gasteiger partial charge in [-0.2, -0.15) is 0 Å². The van der Waals surface area contributed by atoms with Crippen LogP contribution in [-0.4, -0.2) is 28.9 Å². The minimum absolute atomic E-state index is 0.0111. The minimum atomic E-state index is -0.310. The molecule has 1 heterocycles. The van der Waals surface area contributed by atoms with Crippen molar-refractivity contribution in [3.63, 3.8) is 0 Å². The second-order valence-electron chi connectivity index (χ2n) is 6.19. The number of hydrogen-bond acceptors (Lipinski definition) is 7. The van der Waals surface area contributed by atoms with Crippen LogP contribution in [-0.2, 0) is 21.0 Å². The highest BCUT2D eigenvalue weighted by Gasteiger charge is 2.44. The highest BCUT2D eigenvalue weighted by molar-refractivity contribution is 6.00. The van der Waals surface area contributed by atoms with Crippen molar-refractivity contribution in [2.24, 2.45) is 28.6 Å². The molecule has 0 aliphatic heterocycles. The van der Waals surface area contributed by atoms with Crippen LogP contribution in [0.1, 0.15) is 37.1 Å². The maximum Gasteiger partial charge on any atom is 0.338 e. The van der Waals surface area contributed by atoms with Gasteiger partial charge in [0.1, 0.15) is 12.4 Å². The summed E-state index contributed by atoms with van der Waals surface area (Å²) in [5.74, 6) is 1.34. The molecule has 1 aromatic heterocycles. The van der Waals surface area contributed by atoms with Gasteiger partial charge in [0.25, 0.3) is 0 Å². The second kappa shape index (κ2) is 6.49. The summed E-state index contributed by atoms with van der Waals surface area (Å²) in [6.07, 6.45) is 5.80. The van der Waals surface area contributed by atoms with Gasteiger partial charge in [-0.3, -0.25) is 0 Å². The van der Waals surface area contributed by atoms with Crippen molar-refractivity contribution in [2.75, 3.05) is 12.8 Å². The van der Waals surface area contributed by atoms with E-state index in [1.807, 2.05) is 0 Å². The van der Waals surface area contributed by atoms with Crippen molar-refractivity contribution in [2.45, 2.75) is 32.3 Å². The molecular weight excluding hydrogens is 298 g/mol. The molecule has 2 saturated carbocycles. The lowest BCUT2D eigenvalue weighted by Crippen LogP contribution is -2.24. The summed E-state index contributed by atoms with van der Waals surface area (Å²) < 4.78 is 4.93. The van der Waals surface area contributed by atoms with Gasteiger partial charge in [-0.25, -0.2) is 14.8 Å². The second-order valence-corrected chi connectivity index (χ2v) is 6.19. The summed E-state index contributed by atoms with van der Waals surface area (Å²) in [6, 6.07) is 0. The highest BCUT2D eigenvalue weighted by Crippen LogP contribution is 2.48. The zero-order chi connectivity index (χ0) is 16.4. The Bertz CT molecular complexity index is 634. The third-order valence-corrected chi connectivity index (χ3v) is 4.69. The van der Waals surface area contributed by atoms with Crippen molar-refractivity contribution in [1.29, 1.82) is 0 Å². The molecule has 124 valence electrons. The predicted octanol–water partition coefficient (Wildman–Crippen LogP) is 0.805. The zero-order valence-electron chi connectivity index (χ0n) is 13.1. The Kier molecular flexibility index (Phi) is 4.42. The molecule has 8 nitrogen and oxygen atoms in total. The van der Waals surface area contributed by atoms with Crippen LogP contribution in [0, 0.1) is 17.8 Å². The number of amidine groups is 1. The molecule has 0 radical (unpaired) electrons. The van der Waals surface area contributed by atoms with Crippen LogP contribution in [0.2, 0.25) is 0 Å². The molecule has 2 aliphatic rings. The maximum atomic E-state index is 12.1. The van der Waals surface area contributed by atoms with E-state index < -0.39 is 0 Å². The van der Waals surface area contributed by atoms with E-state index in [2.05, 4.69) is 15.1 Å². The molecule has 0 saturated heterocycles. The summed E-state index contributed by atoms with van der Waals surface area (Å²) in [5, 5.41) is 3.71. The average molecular weight is 319 g/mol. The molecule has 23 heavy (non-hydrogen) atoms. The molecule has 2 aliphatic carbocycles. The van der Waals surface area contributed by atoms with Crippen molar-refractivity contribution < 1.29 is 14.4 Å². The number of carbonyl (C=O) groups is 1. The van der Waals surface area contributed by atoms with Gasteiger partial charge < -0.3 is 21.0 Å². The van der Waals surface area contributed by atoms with Crippen LogP contribution in [0.25, 0.3) is 0 Å². The van der Waals surface area contributed by atoms with Gasteiger partial charge in [0.15, 0.2) is 11.7 Å². The number of fused-ring (bicyclic) bond motifs is 2. The van der Waals surface area contributed by atoms with Gasteiger partial charge in [-0.15, -0.1) is 0 Å². The van der Waals surface area contributed by atoms with Gasteiger partial charge in [0.05, 0.1) is 11.5 Å². The minimum Gasteiger partial charge on any atom is -0.383 e. The molecule has 0 unspecified atom stereocenters. The first-order valence-corrected chi connectivity index (χ1v) is 7.73. The van der Waals surface area contributed by atoms with E-state index in [1.54, 1.807) is 7.11 Å². The normalized spacial score (nSPS) is 26.5. The van der Waals surface area contributed by atoms with Crippen LogP contribution in [0.3, 0.4) is 0 Å². The molecule has 8 heteroatoms. The van der Waals surface area contributed by atoms with Gasteiger partial charge in [-0.05, 0) is 31.1 Å². The lowest BCUT2D eigenvalue weighted by atomic mass is 9.89. The molecule has 3 rings (SSSR count). The van der Waals surface area contributed by atoms with Gasteiger partial charge in [0.2, 0.25) is 0 Å². The smallest absolute Gasteiger partial charge is 0.338 e. The Balaban J connectivity index is 1.64. The first-order valence-electron chi connectivity index (χ1n) is 7.73. The van der Waals surface area contributed by atoms with Crippen LogP contribution >= 0.6 is 0 Å². The molecule has 0 amide bonds. The van der Waals surface area contributed by atoms with Crippen molar-refractivity contribution in [3.8, 4) is 0 Å². The fraction of sp³-hybridized carbons (Fsp3) is 0.600. The average Bonchev–Trinajstić information content (AvgIpc) is 3.16. The zero-order valence-corrected chi connectivity index (χ0v) is 13.1. The van der Waals surface area contributed by atoms with Crippen molar-refractivity contribution in [1.82, 2.24) is 9.97 Å². The fourth-order valence-corrected chi connectivity index (χ4v) is 3.57. The first kappa shape index (κ1) is 15.7. The summed E-state index contributed by atoms with van der Waals surface area (Å²) in [5.41, 5.74) is 12.0. The maximum absolute atomic E-state index is 12.1. The van der Waals surface area contributed by atoms with E-state index in [-0.39, 0.29) is 30.1 Å². The third-order valence-electron chi connectivity index (χ3n) is 4.69. The number of methoxy groups -OCH3 is 1. The number of nitrogen functional groups attached to an aromatic ring is 1. The van der Waals surface area contributed by atoms with Gasteiger partial charge in [0, 0.05) is 13.3 Å². The number of hydrogen-bond donors (Lipinski definition) is 2. The van der Waals surface area contributed by atoms with E-state index in [0.29, 0.717) is 23.2 Å². The number of ether oxygens (including phenoxy) is 1. The van der Waals surface area contributed by atoms with Crippen molar-refractivity contribution >= 4 is 17.6 Å². The van der Waals surface area contributed by atoms with Crippen LogP contribution in [0.4, 0.5) is 5.82 Å². The highest BCUT2D eigenvalue weighted by atomic mass is 16.7. The number of oxime groups is 1. The molecule has 2 fully saturated rings. The first-order chi connectivity index (χ1) is 11.1. The molecular formula is C15H21N5O3. The number of rotatable bonds is 5. The Morgan fingerprint density at radius 3 is 2.87 bits per heavy atom. The summed E-state index contributed by atoms with van der Waals surface area (Å²) in [6.45, 7) is 0.251. The summed E-state index contributed by atoms with van der Waals surface area (Å²) in [7, 11) is 1.54. The van der Waals surface area contributed by atoms with E-state index in [0.717, 1.165) is 19.3 Å². The third kappa shape index (κ3) is 3.26. The Labute approximate surface area is 134 Å². The van der Waals surface area contributed by atoms with E-state index in [1.165, 1.54) is 12.6 Å². The standard InChI is InChI=1S/C15H21N5O3/c1-22-7-12-18-6-11(13(16)19-12)14(17)20-23-15(21)10-5-8-2-3-9(10)4-8/h6,8-10H,2-5,7H2,1H3,(H2,17,20)(H2,16,18,19)/t8-,9-,10-/m0/s1. The van der Waals surface area contributed by atoms with Gasteiger partial charge >= 0.3 is 5.97 Å². The van der Waals surface area contributed by atoms with E-state index in [4.69, 9.17) is 21.0 Å².